The third-order valence-corrected chi connectivity index (χ3v) is 9.45. The number of aryl methyl sites for hydroxylation is 2. The van der Waals surface area contributed by atoms with Gasteiger partial charge in [-0.1, -0.05) is 103 Å². The van der Waals surface area contributed by atoms with Gasteiger partial charge in [-0.05, 0) is 60.9 Å². The molecule has 0 amide bonds. The first-order valence-electron chi connectivity index (χ1n) is 16.5. The van der Waals surface area contributed by atoms with Crippen LogP contribution < -0.4 is 19.7 Å². The van der Waals surface area contributed by atoms with Crippen LogP contribution >= 0.6 is 0 Å². The Bertz CT molecular complexity index is 2160. The van der Waals surface area contributed by atoms with Crippen LogP contribution in [0.4, 0.5) is 17.1 Å². The lowest BCUT2D eigenvalue weighted by Crippen LogP contribution is -2.34. The van der Waals surface area contributed by atoms with E-state index in [-0.39, 0.29) is 5.97 Å². The Balaban J connectivity index is 1.36. The van der Waals surface area contributed by atoms with Crippen molar-refractivity contribution in [1.29, 1.82) is 0 Å². The number of methoxy groups -OCH3 is 1. The molecule has 1 unspecified atom stereocenters. The molecule has 2 aliphatic rings. The van der Waals surface area contributed by atoms with E-state index in [2.05, 4.69) is 96.9 Å². The molecule has 49 heavy (non-hydrogen) atoms. The fraction of sp³-hybridized carbons (Fsp3) is 0.140. The van der Waals surface area contributed by atoms with Gasteiger partial charge in [-0.15, -0.1) is 0 Å². The Morgan fingerprint density at radius 2 is 1.41 bits per heavy atom. The molecule has 0 aromatic heterocycles. The molecular formula is C43H36N2O4. The van der Waals surface area contributed by atoms with Crippen LogP contribution in [0.25, 0.3) is 0 Å². The van der Waals surface area contributed by atoms with Gasteiger partial charge in [-0.2, -0.15) is 0 Å². The molecule has 0 fully saturated rings. The molecule has 6 aromatic carbocycles. The van der Waals surface area contributed by atoms with Gasteiger partial charge >= 0.3 is 5.97 Å². The highest BCUT2D eigenvalue weighted by Crippen LogP contribution is 2.61. The number of benzene rings is 6. The fourth-order valence-electron chi connectivity index (χ4n) is 7.16. The minimum absolute atomic E-state index is 0.384. The first kappa shape index (κ1) is 30.3. The summed E-state index contributed by atoms with van der Waals surface area (Å²) in [6, 6.07) is 44.8. The molecule has 242 valence electrons. The minimum atomic E-state index is -1.31. The van der Waals surface area contributed by atoms with Crippen LogP contribution in [0.5, 0.6) is 17.2 Å². The number of fused-ring (bicyclic) bond motifs is 6. The molecule has 6 aromatic rings. The molecule has 1 N–H and O–H groups in total. The summed E-state index contributed by atoms with van der Waals surface area (Å²) in [4.78, 5) is 16.2. The molecule has 6 heteroatoms. The van der Waals surface area contributed by atoms with Crippen LogP contribution in [0.2, 0.25) is 0 Å². The van der Waals surface area contributed by atoms with Crippen molar-refractivity contribution in [3.8, 4) is 17.2 Å². The molecule has 0 saturated carbocycles. The van der Waals surface area contributed by atoms with Crippen LogP contribution in [0.3, 0.4) is 0 Å². The standard InChI is InChI=1S/C43H36N2O4/c1-28-21-22-36(29(2)23-28)44-37-19-12-20-38-40(37)43(34-18-11-10-17-33(34)42(46)49-43)35-24-32(25-39(47-3)41(35)48-38)45(26-30-13-6-4-7-14-30)27-31-15-8-5-9-16-31/h4-25,44H,26-27H2,1-3H3. The Labute approximate surface area is 286 Å². The Morgan fingerprint density at radius 1 is 0.714 bits per heavy atom. The highest BCUT2D eigenvalue weighted by molar-refractivity contribution is 5.98. The first-order valence-corrected chi connectivity index (χ1v) is 16.5. The monoisotopic (exact) mass is 644 g/mol. The molecule has 0 bridgehead atoms. The van der Waals surface area contributed by atoms with Crippen molar-refractivity contribution < 1.29 is 19.0 Å². The predicted octanol–water partition coefficient (Wildman–Crippen LogP) is 9.83. The summed E-state index contributed by atoms with van der Waals surface area (Å²) < 4.78 is 19.5. The summed E-state index contributed by atoms with van der Waals surface area (Å²) in [7, 11) is 1.65. The van der Waals surface area contributed by atoms with Gasteiger partial charge in [0.2, 0.25) is 0 Å². The molecule has 2 heterocycles. The van der Waals surface area contributed by atoms with E-state index in [1.54, 1.807) is 7.11 Å². The van der Waals surface area contributed by atoms with Gasteiger partial charge in [0.15, 0.2) is 17.1 Å². The maximum atomic E-state index is 13.9. The van der Waals surface area contributed by atoms with E-state index >= 15 is 0 Å². The number of ether oxygens (including phenoxy) is 3. The second kappa shape index (κ2) is 12.2. The van der Waals surface area contributed by atoms with Crippen LogP contribution in [0.15, 0.2) is 133 Å². The molecule has 0 saturated heterocycles. The number of esters is 1. The lowest BCUT2D eigenvalue weighted by molar-refractivity contribution is 0.0225. The van der Waals surface area contributed by atoms with E-state index in [1.807, 2.05) is 60.7 Å². The normalized spacial score (nSPS) is 15.4. The summed E-state index contributed by atoms with van der Waals surface area (Å²) in [5, 5.41) is 3.67. The number of carbonyl (C=O) groups excluding carboxylic acids is 1. The summed E-state index contributed by atoms with van der Waals surface area (Å²) in [5.41, 5.74) is 8.70. The molecule has 0 aliphatic carbocycles. The number of nitrogens with zero attached hydrogens (tertiary/aromatic N) is 1. The summed E-state index contributed by atoms with van der Waals surface area (Å²) in [6.07, 6.45) is 0. The van der Waals surface area contributed by atoms with Gasteiger partial charge in [-0.3, -0.25) is 0 Å². The summed E-state index contributed by atoms with van der Waals surface area (Å²) >= 11 is 0. The highest BCUT2D eigenvalue weighted by Gasteiger charge is 2.55. The average Bonchev–Trinajstić information content (AvgIpc) is 3.42. The average molecular weight is 645 g/mol. The summed E-state index contributed by atoms with van der Waals surface area (Å²) in [5.74, 6) is 1.27. The SMILES string of the molecule is COc1cc(N(Cc2ccccc2)Cc2ccccc2)cc2c1Oc1cccc(Nc3ccc(C)cc3C)c1C21OC(=O)c2ccccc21. The van der Waals surface area contributed by atoms with Crippen molar-refractivity contribution in [3.63, 3.8) is 0 Å². The van der Waals surface area contributed by atoms with Gasteiger partial charge in [0.1, 0.15) is 5.75 Å². The Hall–Kier alpha value is -6.01. The number of hydrogen-bond donors (Lipinski definition) is 1. The fourth-order valence-corrected chi connectivity index (χ4v) is 7.16. The quantitative estimate of drug-likeness (QED) is 0.167. The molecule has 1 spiro atoms. The lowest BCUT2D eigenvalue weighted by Gasteiger charge is -2.39. The first-order chi connectivity index (χ1) is 23.9. The lowest BCUT2D eigenvalue weighted by atomic mass is 9.76. The van der Waals surface area contributed by atoms with Crippen molar-refractivity contribution >= 4 is 23.0 Å². The van der Waals surface area contributed by atoms with Crippen LogP contribution in [-0.4, -0.2) is 13.1 Å². The van der Waals surface area contributed by atoms with Crippen molar-refractivity contribution in [2.75, 3.05) is 17.3 Å². The third-order valence-electron chi connectivity index (χ3n) is 9.45. The number of carbonyl (C=O) groups is 1. The zero-order valence-electron chi connectivity index (χ0n) is 27.7. The number of rotatable bonds is 8. The molecule has 0 radical (unpaired) electrons. The zero-order valence-corrected chi connectivity index (χ0v) is 27.7. The van der Waals surface area contributed by atoms with E-state index in [0.717, 1.165) is 33.8 Å². The zero-order chi connectivity index (χ0) is 33.5. The van der Waals surface area contributed by atoms with Gasteiger partial charge < -0.3 is 24.4 Å². The maximum Gasteiger partial charge on any atom is 0.340 e. The van der Waals surface area contributed by atoms with E-state index in [9.17, 15) is 4.79 Å². The molecule has 1 atom stereocenters. The van der Waals surface area contributed by atoms with Crippen LogP contribution in [0.1, 0.15) is 49.3 Å². The highest BCUT2D eigenvalue weighted by atomic mass is 16.6. The smallest absolute Gasteiger partial charge is 0.340 e. The molecule has 2 aliphatic heterocycles. The van der Waals surface area contributed by atoms with E-state index in [0.29, 0.717) is 41.5 Å². The van der Waals surface area contributed by atoms with Gasteiger partial charge in [0.25, 0.3) is 0 Å². The van der Waals surface area contributed by atoms with Crippen molar-refractivity contribution in [2.24, 2.45) is 0 Å². The number of hydrogen-bond acceptors (Lipinski definition) is 6. The molecular weight excluding hydrogens is 608 g/mol. The molecule has 8 rings (SSSR count). The molecule has 6 nitrogen and oxygen atoms in total. The van der Waals surface area contributed by atoms with E-state index < -0.39 is 5.60 Å². The predicted molar refractivity (Wildman–Crippen MR) is 193 cm³/mol. The van der Waals surface area contributed by atoms with Crippen molar-refractivity contribution in [3.05, 3.63) is 178 Å². The van der Waals surface area contributed by atoms with Gasteiger partial charge in [-0.25, -0.2) is 4.79 Å². The minimum Gasteiger partial charge on any atom is -0.493 e. The van der Waals surface area contributed by atoms with Crippen molar-refractivity contribution in [2.45, 2.75) is 32.5 Å². The van der Waals surface area contributed by atoms with Crippen LogP contribution in [-0.2, 0) is 23.4 Å². The Kier molecular flexibility index (Phi) is 7.56. The number of nitrogens with one attached hydrogen (secondary N) is 1. The number of anilines is 3. The topological polar surface area (TPSA) is 60.0 Å². The third kappa shape index (κ3) is 5.26. The summed E-state index contributed by atoms with van der Waals surface area (Å²) in [6.45, 7) is 5.47. The van der Waals surface area contributed by atoms with Crippen LogP contribution in [0, 0.1) is 13.8 Å². The second-order valence-electron chi connectivity index (χ2n) is 12.7. The van der Waals surface area contributed by atoms with Gasteiger partial charge in [0, 0.05) is 36.1 Å². The van der Waals surface area contributed by atoms with E-state index in [4.69, 9.17) is 14.2 Å². The second-order valence-corrected chi connectivity index (χ2v) is 12.7. The maximum absolute atomic E-state index is 13.9. The Morgan fingerprint density at radius 3 is 2.10 bits per heavy atom. The largest absolute Gasteiger partial charge is 0.493 e. The van der Waals surface area contributed by atoms with Crippen molar-refractivity contribution in [1.82, 2.24) is 0 Å². The van der Waals surface area contributed by atoms with Gasteiger partial charge in [0.05, 0.1) is 29.5 Å². The van der Waals surface area contributed by atoms with E-state index in [1.165, 1.54) is 16.7 Å².